The zero-order valence-corrected chi connectivity index (χ0v) is 17.3. The van der Waals surface area contributed by atoms with Gasteiger partial charge in [-0.2, -0.15) is 0 Å². The Balaban J connectivity index is 1.78. The highest BCUT2D eigenvalue weighted by Gasteiger charge is 2.13. The molecular weight excluding hydrogens is 403 g/mol. The number of hydrogen-bond acceptors (Lipinski definition) is 4. The number of imidazole rings is 1. The van der Waals surface area contributed by atoms with Crippen LogP contribution in [-0.4, -0.2) is 27.9 Å². The van der Waals surface area contributed by atoms with Gasteiger partial charge in [0.1, 0.15) is 0 Å². The van der Waals surface area contributed by atoms with Crippen LogP contribution in [0.1, 0.15) is 25.3 Å². The Morgan fingerprint density at radius 2 is 2.04 bits per heavy atom. The lowest BCUT2D eigenvalue weighted by molar-refractivity contribution is -0.143. The van der Waals surface area contributed by atoms with E-state index in [-0.39, 0.29) is 5.97 Å². The first-order valence-corrected chi connectivity index (χ1v) is 10.5. The minimum atomic E-state index is -0.153. The molecule has 7 heteroatoms. The van der Waals surface area contributed by atoms with Crippen molar-refractivity contribution in [1.82, 2.24) is 9.55 Å². The monoisotopic (exact) mass is 422 g/mol. The number of esters is 1. The van der Waals surface area contributed by atoms with Crippen molar-refractivity contribution in [2.24, 2.45) is 0 Å². The average Bonchev–Trinajstić information content (AvgIpc) is 2.99. The fourth-order valence-corrected chi connectivity index (χ4v) is 4.17. The average molecular weight is 423 g/mol. The largest absolute Gasteiger partial charge is 0.466 e. The van der Waals surface area contributed by atoms with Gasteiger partial charge in [0.05, 0.1) is 24.2 Å². The summed E-state index contributed by atoms with van der Waals surface area (Å²) in [5.41, 5.74) is 2.98. The van der Waals surface area contributed by atoms with Gasteiger partial charge in [0.15, 0.2) is 5.16 Å². The summed E-state index contributed by atoms with van der Waals surface area (Å²) in [6, 6.07) is 13.6. The van der Waals surface area contributed by atoms with Gasteiger partial charge in [0.2, 0.25) is 0 Å². The molecule has 1 heterocycles. The van der Waals surface area contributed by atoms with Gasteiger partial charge in [-0.3, -0.25) is 4.79 Å². The predicted octanol–water partition coefficient (Wildman–Crippen LogP) is 5.83. The van der Waals surface area contributed by atoms with Crippen LogP contribution in [-0.2, 0) is 16.1 Å². The fraction of sp³-hybridized carbons (Fsp3) is 0.300. The van der Waals surface area contributed by atoms with Gasteiger partial charge in [-0.15, -0.1) is 0 Å². The molecule has 0 unspecified atom stereocenters. The first-order chi connectivity index (χ1) is 13.1. The van der Waals surface area contributed by atoms with Gasteiger partial charge < -0.3 is 9.30 Å². The van der Waals surface area contributed by atoms with Crippen LogP contribution in [0, 0.1) is 0 Å². The SMILES string of the molecule is CCOC(=O)CCCSc1nc2ccccc2n1Cc1ccc(Cl)cc1Cl. The van der Waals surface area contributed by atoms with E-state index in [0.29, 0.717) is 29.6 Å². The number of nitrogens with zero attached hydrogens (tertiary/aromatic N) is 2. The molecule has 0 N–H and O–H groups in total. The number of hydrogen-bond donors (Lipinski definition) is 0. The Morgan fingerprint density at radius 1 is 1.22 bits per heavy atom. The summed E-state index contributed by atoms with van der Waals surface area (Å²) in [5.74, 6) is 0.635. The number of thioether (sulfide) groups is 1. The summed E-state index contributed by atoms with van der Waals surface area (Å²) in [4.78, 5) is 16.2. The number of carbonyl (C=O) groups excluding carboxylic acids is 1. The molecule has 27 heavy (non-hydrogen) atoms. The smallest absolute Gasteiger partial charge is 0.305 e. The van der Waals surface area contributed by atoms with Crippen molar-refractivity contribution in [2.75, 3.05) is 12.4 Å². The molecule has 3 aromatic rings. The summed E-state index contributed by atoms with van der Waals surface area (Å²) in [5, 5.41) is 2.16. The first kappa shape index (κ1) is 20.1. The van der Waals surface area contributed by atoms with E-state index in [1.807, 2.05) is 37.3 Å². The zero-order valence-electron chi connectivity index (χ0n) is 15.0. The summed E-state index contributed by atoms with van der Waals surface area (Å²) in [6.07, 6.45) is 1.17. The van der Waals surface area contributed by atoms with Crippen LogP contribution in [0.15, 0.2) is 47.6 Å². The van der Waals surface area contributed by atoms with Gasteiger partial charge in [-0.25, -0.2) is 4.98 Å². The van der Waals surface area contributed by atoms with Crippen molar-refractivity contribution >= 4 is 52.0 Å². The van der Waals surface area contributed by atoms with E-state index in [0.717, 1.165) is 33.9 Å². The van der Waals surface area contributed by atoms with Crippen LogP contribution in [0.25, 0.3) is 11.0 Å². The maximum absolute atomic E-state index is 11.5. The Morgan fingerprint density at radius 3 is 2.81 bits per heavy atom. The van der Waals surface area contributed by atoms with Crippen LogP contribution < -0.4 is 0 Å². The van der Waals surface area contributed by atoms with Crippen molar-refractivity contribution in [1.29, 1.82) is 0 Å². The van der Waals surface area contributed by atoms with Crippen LogP contribution in [0.5, 0.6) is 0 Å². The van der Waals surface area contributed by atoms with Crippen molar-refractivity contribution in [2.45, 2.75) is 31.5 Å². The molecule has 0 atom stereocenters. The second-order valence-electron chi connectivity index (χ2n) is 5.96. The van der Waals surface area contributed by atoms with Crippen LogP contribution in [0.3, 0.4) is 0 Å². The third-order valence-electron chi connectivity index (χ3n) is 4.02. The topological polar surface area (TPSA) is 44.1 Å². The minimum absolute atomic E-state index is 0.153. The Bertz CT molecular complexity index is 943. The summed E-state index contributed by atoms with van der Waals surface area (Å²) in [7, 11) is 0. The van der Waals surface area contributed by atoms with Crippen molar-refractivity contribution < 1.29 is 9.53 Å². The number of fused-ring (bicyclic) bond motifs is 1. The van der Waals surface area contributed by atoms with Crippen LogP contribution in [0.2, 0.25) is 10.0 Å². The molecule has 0 fully saturated rings. The normalized spacial score (nSPS) is 11.1. The lowest BCUT2D eigenvalue weighted by Gasteiger charge is -2.11. The summed E-state index contributed by atoms with van der Waals surface area (Å²) >= 11 is 14.0. The molecule has 0 aliphatic carbocycles. The molecule has 0 radical (unpaired) electrons. The summed E-state index contributed by atoms with van der Waals surface area (Å²) in [6.45, 7) is 2.84. The van der Waals surface area contributed by atoms with E-state index >= 15 is 0 Å². The zero-order chi connectivity index (χ0) is 19.2. The van der Waals surface area contributed by atoms with E-state index in [1.165, 1.54) is 0 Å². The number of ether oxygens (including phenoxy) is 1. The first-order valence-electron chi connectivity index (χ1n) is 8.76. The van der Waals surface area contributed by atoms with E-state index in [1.54, 1.807) is 17.8 Å². The Kier molecular flexibility index (Phi) is 7.05. The van der Waals surface area contributed by atoms with Gasteiger partial charge in [-0.05, 0) is 43.2 Å². The molecule has 0 saturated carbocycles. The number of aromatic nitrogens is 2. The molecule has 1 aromatic heterocycles. The lowest BCUT2D eigenvalue weighted by atomic mass is 10.2. The highest BCUT2D eigenvalue weighted by Crippen LogP contribution is 2.28. The van der Waals surface area contributed by atoms with Gasteiger partial charge >= 0.3 is 5.97 Å². The molecule has 0 spiro atoms. The van der Waals surface area contributed by atoms with E-state index in [9.17, 15) is 4.79 Å². The molecule has 2 aromatic carbocycles. The molecule has 0 aliphatic heterocycles. The molecule has 3 rings (SSSR count). The maximum atomic E-state index is 11.5. The van der Waals surface area contributed by atoms with Crippen LogP contribution in [0.4, 0.5) is 0 Å². The minimum Gasteiger partial charge on any atom is -0.466 e. The highest BCUT2D eigenvalue weighted by atomic mass is 35.5. The third-order valence-corrected chi connectivity index (χ3v) is 5.67. The molecule has 0 aliphatic rings. The number of para-hydroxylation sites is 2. The van der Waals surface area contributed by atoms with E-state index in [4.69, 9.17) is 32.9 Å². The molecule has 142 valence electrons. The van der Waals surface area contributed by atoms with Crippen molar-refractivity contribution in [3.8, 4) is 0 Å². The van der Waals surface area contributed by atoms with Crippen molar-refractivity contribution in [3.05, 3.63) is 58.1 Å². The molecule has 0 saturated heterocycles. The van der Waals surface area contributed by atoms with E-state index in [2.05, 4.69) is 10.6 Å². The van der Waals surface area contributed by atoms with Crippen molar-refractivity contribution in [3.63, 3.8) is 0 Å². The number of carbonyl (C=O) groups is 1. The molecule has 4 nitrogen and oxygen atoms in total. The van der Waals surface area contributed by atoms with E-state index < -0.39 is 0 Å². The quantitative estimate of drug-likeness (QED) is 0.260. The molecule has 0 amide bonds. The highest BCUT2D eigenvalue weighted by molar-refractivity contribution is 7.99. The second kappa shape index (κ2) is 9.49. The van der Waals surface area contributed by atoms with Gasteiger partial charge in [0.25, 0.3) is 0 Å². The fourth-order valence-electron chi connectivity index (χ4n) is 2.75. The van der Waals surface area contributed by atoms with Gasteiger partial charge in [0, 0.05) is 22.2 Å². The standard InChI is InChI=1S/C20H20Cl2N2O2S/c1-2-26-19(25)8-5-11-27-20-23-17-6-3-4-7-18(17)24(20)13-14-9-10-15(21)12-16(14)22/h3-4,6-7,9-10,12H,2,5,8,11,13H2,1H3. The Hall–Kier alpha value is -1.69. The number of benzene rings is 2. The predicted molar refractivity (Wildman–Crippen MR) is 112 cm³/mol. The second-order valence-corrected chi connectivity index (χ2v) is 7.87. The number of halogens is 2. The summed E-state index contributed by atoms with van der Waals surface area (Å²) < 4.78 is 7.13. The third kappa shape index (κ3) is 5.18. The molecule has 0 bridgehead atoms. The lowest BCUT2D eigenvalue weighted by Crippen LogP contribution is -2.05. The Labute approximate surface area is 172 Å². The van der Waals surface area contributed by atoms with Gasteiger partial charge in [-0.1, -0.05) is 53.2 Å². The number of rotatable bonds is 8. The molecular formula is C20H20Cl2N2O2S. The van der Waals surface area contributed by atoms with Crippen LogP contribution >= 0.6 is 35.0 Å². The maximum Gasteiger partial charge on any atom is 0.305 e.